The van der Waals surface area contributed by atoms with Gasteiger partial charge in [-0.25, -0.2) is 8.78 Å². The molecule has 3 rings (SSSR count). The number of fused-ring (bicyclic) bond motifs is 1. The maximum atomic E-state index is 13.3. The van der Waals surface area contributed by atoms with Crippen LogP contribution in [0.4, 0.5) is 8.78 Å². The smallest absolute Gasteiger partial charge is 0.198 e. The molecule has 0 atom stereocenters. The monoisotopic (exact) mass is 300 g/mol. The molecule has 0 aliphatic heterocycles. The molecule has 112 valence electrons. The molecule has 1 heterocycles. The van der Waals surface area contributed by atoms with Crippen LogP contribution in [0.25, 0.3) is 10.9 Å². The predicted molar refractivity (Wildman–Crippen MR) is 82.5 cm³/mol. The van der Waals surface area contributed by atoms with E-state index in [4.69, 9.17) is 0 Å². The number of aromatic amines is 1. The van der Waals surface area contributed by atoms with Crippen molar-refractivity contribution in [2.45, 2.75) is 6.42 Å². The van der Waals surface area contributed by atoms with Crippen LogP contribution in [0, 0.1) is 11.6 Å². The molecule has 5 heteroatoms. The van der Waals surface area contributed by atoms with Crippen molar-refractivity contribution in [3.63, 3.8) is 0 Å². The standard InChI is InChI=1S/C17H14F2N2O/c18-12-3-1-11(2-4-12)7-8-20-10-15-14-9-13(19)5-6-16(14)21-17(15)22/h1-6,9-10,21-22H,7-8H2. The number of nitrogens with one attached hydrogen (secondary N) is 1. The summed E-state index contributed by atoms with van der Waals surface area (Å²) >= 11 is 0. The Balaban J connectivity index is 1.74. The Bertz CT molecular complexity index is 823. The summed E-state index contributed by atoms with van der Waals surface area (Å²) in [5, 5.41) is 10.4. The highest BCUT2D eigenvalue weighted by Gasteiger charge is 2.09. The second kappa shape index (κ2) is 5.97. The molecule has 1 aromatic heterocycles. The lowest BCUT2D eigenvalue weighted by atomic mass is 10.1. The lowest BCUT2D eigenvalue weighted by molar-refractivity contribution is 0.457. The van der Waals surface area contributed by atoms with Crippen LogP contribution in [-0.2, 0) is 6.42 Å². The third-order valence-corrected chi connectivity index (χ3v) is 3.44. The number of hydrogen-bond acceptors (Lipinski definition) is 2. The molecule has 3 nitrogen and oxygen atoms in total. The first kappa shape index (κ1) is 14.3. The zero-order valence-electron chi connectivity index (χ0n) is 11.7. The Labute approximate surface area is 125 Å². The predicted octanol–water partition coefficient (Wildman–Crippen LogP) is 3.81. The highest BCUT2D eigenvalue weighted by molar-refractivity contribution is 6.01. The molecule has 0 saturated heterocycles. The first-order chi connectivity index (χ1) is 10.6. The number of nitrogens with zero attached hydrogens (tertiary/aromatic N) is 1. The maximum Gasteiger partial charge on any atom is 0.198 e. The van der Waals surface area contributed by atoms with Crippen molar-refractivity contribution in [1.82, 2.24) is 4.98 Å². The van der Waals surface area contributed by atoms with Crippen LogP contribution in [0.15, 0.2) is 47.5 Å². The first-order valence-corrected chi connectivity index (χ1v) is 6.88. The fourth-order valence-electron chi connectivity index (χ4n) is 2.30. The van der Waals surface area contributed by atoms with E-state index in [9.17, 15) is 13.9 Å². The van der Waals surface area contributed by atoms with Gasteiger partial charge in [0.05, 0.1) is 5.56 Å². The number of aromatic nitrogens is 1. The van der Waals surface area contributed by atoms with Gasteiger partial charge in [0, 0.05) is 23.7 Å². The van der Waals surface area contributed by atoms with Crippen LogP contribution >= 0.6 is 0 Å². The number of aromatic hydroxyl groups is 1. The Morgan fingerprint density at radius 1 is 1.05 bits per heavy atom. The van der Waals surface area contributed by atoms with E-state index in [2.05, 4.69) is 9.98 Å². The van der Waals surface area contributed by atoms with Gasteiger partial charge in [-0.1, -0.05) is 12.1 Å². The largest absolute Gasteiger partial charge is 0.494 e. The summed E-state index contributed by atoms with van der Waals surface area (Å²) in [5.74, 6) is -0.670. The van der Waals surface area contributed by atoms with E-state index < -0.39 is 0 Å². The molecule has 0 spiro atoms. The molecule has 0 radical (unpaired) electrons. The van der Waals surface area contributed by atoms with Crippen molar-refractivity contribution in [3.8, 4) is 5.88 Å². The van der Waals surface area contributed by atoms with Crippen LogP contribution in [0.3, 0.4) is 0 Å². The first-order valence-electron chi connectivity index (χ1n) is 6.88. The van der Waals surface area contributed by atoms with Gasteiger partial charge in [-0.05, 0) is 42.3 Å². The second-order valence-corrected chi connectivity index (χ2v) is 4.99. The maximum absolute atomic E-state index is 13.3. The van der Waals surface area contributed by atoms with Crippen molar-refractivity contribution in [2.75, 3.05) is 6.54 Å². The minimum Gasteiger partial charge on any atom is -0.494 e. The Kier molecular flexibility index (Phi) is 3.87. The van der Waals surface area contributed by atoms with Gasteiger partial charge in [0.2, 0.25) is 0 Å². The van der Waals surface area contributed by atoms with Crippen molar-refractivity contribution < 1.29 is 13.9 Å². The summed E-state index contributed by atoms with van der Waals surface area (Å²) in [6.45, 7) is 0.493. The van der Waals surface area contributed by atoms with Crippen LogP contribution in [0.1, 0.15) is 11.1 Å². The second-order valence-electron chi connectivity index (χ2n) is 4.99. The van der Waals surface area contributed by atoms with E-state index in [1.807, 2.05) is 0 Å². The SMILES string of the molecule is Oc1[nH]c2ccc(F)cc2c1C=NCCc1ccc(F)cc1. The van der Waals surface area contributed by atoms with E-state index in [0.29, 0.717) is 29.4 Å². The molecule has 0 amide bonds. The molecule has 2 N–H and O–H groups in total. The summed E-state index contributed by atoms with van der Waals surface area (Å²) < 4.78 is 26.1. The van der Waals surface area contributed by atoms with Gasteiger partial charge in [0.15, 0.2) is 5.88 Å². The molecule has 2 aromatic carbocycles. The summed E-state index contributed by atoms with van der Waals surface area (Å²) in [5.41, 5.74) is 2.10. The third kappa shape index (κ3) is 2.98. The van der Waals surface area contributed by atoms with Crippen LogP contribution < -0.4 is 0 Å². The summed E-state index contributed by atoms with van der Waals surface area (Å²) in [7, 11) is 0. The van der Waals surface area contributed by atoms with Gasteiger partial charge in [0.1, 0.15) is 11.6 Å². The van der Waals surface area contributed by atoms with Crippen LogP contribution in [0.5, 0.6) is 5.88 Å². The molecule has 0 aliphatic carbocycles. The van der Waals surface area contributed by atoms with Crippen molar-refractivity contribution >= 4 is 17.1 Å². The van der Waals surface area contributed by atoms with Gasteiger partial charge >= 0.3 is 0 Å². The molecule has 3 aromatic rings. The molecule has 0 bridgehead atoms. The number of benzene rings is 2. The van der Waals surface area contributed by atoms with E-state index in [1.165, 1.54) is 30.5 Å². The fourth-order valence-corrected chi connectivity index (χ4v) is 2.30. The third-order valence-electron chi connectivity index (χ3n) is 3.44. The Hall–Kier alpha value is -2.69. The van der Waals surface area contributed by atoms with Gasteiger partial charge in [-0.3, -0.25) is 4.99 Å². The molecule has 0 unspecified atom stereocenters. The molecular formula is C17H14F2N2O. The quantitative estimate of drug-likeness (QED) is 0.707. The number of hydrogen-bond donors (Lipinski definition) is 2. The fraction of sp³-hybridized carbons (Fsp3) is 0.118. The molecule has 0 saturated carbocycles. The topological polar surface area (TPSA) is 48.4 Å². The Morgan fingerprint density at radius 3 is 2.55 bits per heavy atom. The van der Waals surface area contributed by atoms with E-state index >= 15 is 0 Å². The number of halogens is 2. The Morgan fingerprint density at radius 2 is 1.77 bits per heavy atom. The highest BCUT2D eigenvalue weighted by atomic mass is 19.1. The molecule has 22 heavy (non-hydrogen) atoms. The van der Waals surface area contributed by atoms with E-state index in [1.54, 1.807) is 18.2 Å². The van der Waals surface area contributed by atoms with E-state index in [-0.39, 0.29) is 17.5 Å². The van der Waals surface area contributed by atoms with Crippen molar-refractivity contribution in [2.24, 2.45) is 4.99 Å². The van der Waals surface area contributed by atoms with Gasteiger partial charge in [0.25, 0.3) is 0 Å². The van der Waals surface area contributed by atoms with Crippen LogP contribution in [0.2, 0.25) is 0 Å². The van der Waals surface area contributed by atoms with Crippen molar-refractivity contribution in [1.29, 1.82) is 0 Å². The lowest BCUT2D eigenvalue weighted by Gasteiger charge is -1.98. The average molecular weight is 300 g/mol. The van der Waals surface area contributed by atoms with Gasteiger partial charge in [-0.2, -0.15) is 0 Å². The summed E-state index contributed by atoms with van der Waals surface area (Å²) in [6.07, 6.45) is 2.19. The van der Waals surface area contributed by atoms with E-state index in [0.717, 1.165) is 5.56 Å². The number of rotatable bonds is 4. The highest BCUT2D eigenvalue weighted by Crippen LogP contribution is 2.26. The minimum atomic E-state index is -0.368. The lowest BCUT2D eigenvalue weighted by Crippen LogP contribution is -1.91. The zero-order chi connectivity index (χ0) is 15.5. The normalized spacial score (nSPS) is 11.5. The van der Waals surface area contributed by atoms with Gasteiger partial charge in [-0.15, -0.1) is 0 Å². The van der Waals surface area contributed by atoms with Crippen molar-refractivity contribution in [3.05, 3.63) is 65.2 Å². The van der Waals surface area contributed by atoms with Crippen LogP contribution in [-0.4, -0.2) is 22.8 Å². The summed E-state index contributed by atoms with van der Waals surface area (Å²) in [6, 6.07) is 10.5. The van der Waals surface area contributed by atoms with Gasteiger partial charge < -0.3 is 10.1 Å². The molecule has 0 fully saturated rings. The number of H-pyrrole nitrogens is 1. The zero-order valence-corrected chi connectivity index (χ0v) is 11.7. The number of aliphatic imine (C=N–C) groups is 1. The average Bonchev–Trinajstić information content (AvgIpc) is 2.81. The summed E-state index contributed by atoms with van der Waals surface area (Å²) in [4.78, 5) is 7.03. The molecule has 0 aliphatic rings. The molecular weight excluding hydrogens is 286 g/mol. The minimum absolute atomic E-state index is 0.0360.